The minimum absolute atomic E-state index is 0.480. The second-order valence-corrected chi connectivity index (χ2v) is 8.46. The zero-order valence-electron chi connectivity index (χ0n) is 7.35. The van der Waals surface area contributed by atoms with Crippen molar-refractivity contribution in [3.63, 3.8) is 0 Å². The van der Waals surface area contributed by atoms with E-state index < -0.39 is 27.0 Å². The SMILES string of the molecule is OC(O)(CS1(Cl)CCCC1)C(F)(F)F. The summed E-state index contributed by atoms with van der Waals surface area (Å²) in [4.78, 5) is 0. The van der Waals surface area contributed by atoms with Gasteiger partial charge in [-0.15, -0.1) is 0 Å². The molecule has 0 aromatic heterocycles. The number of hydrogen-bond donors (Lipinski definition) is 2. The molecule has 1 rings (SSSR count). The molecule has 0 bridgehead atoms. The van der Waals surface area contributed by atoms with Gasteiger partial charge < -0.3 is 10.2 Å². The molecule has 1 fully saturated rings. The summed E-state index contributed by atoms with van der Waals surface area (Å²) in [6.45, 7) is 0. The lowest BCUT2D eigenvalue weighted by Gasteiger charge is -2.35. The highest BCUT2D eigenvalue weighted by atomic mass is 35.7. The predicted octanol–water partition coefficient (Wildman–Crippen LogP) is 1.98. The molecule has 0 aromatic rings. The van der Waals surface area contributed by atoms with E-state index >= 15 is 0 Å². The Balaban J connectivity index is 2.67. The van der Waals surface area contributed by atoms with E-state index in [1.807, 2.05) is 0 Å². The molecule has 1 aliphatic rings. The Hall–Kier alpha value is 0.350. The van der Waals surface area contributed by atoms with Crippen LogP contribution in [0.5, 0.6) is 0 Å². The van der Waals surface area contributed by atoms with Crippen LogP contribution in [0.25, 0.3) is 0 Å². The Kier molecular flexibility index (Phi) is 3.31. The van der Waals surface area contributed by atoms with E-state index in [4.69, 9.17) is 20.9 Å². The van der Waals surface area contributed by atoms with Gasteiger partial charge in [0.05, 0.1) is 5.75 Å². The summed E-state index contributed by atoms with van der Waals surface area (Å²) in [5, 5.41) is 17.7. The normalized spacial score (nSPS) is 25.0. The van der Waals surface area contributed by atoms with Gasteiger partial charge >= 0.3 is 6.18 Å². The van der Waals surface area contributed by atoms with Gasteiger partial charge in [-0.1, -0.05) is 10.7 Å². The number of aliphatic hydroxyl groups is 2. The summed E-state index contributed by atoms with van der Waals surface area (Å²) >= 11 is 0. The molecule has 0 spiro atoms. The van der Waals surface area contributed by atoms with Gasteiger partial charge in [0.25, 0.3) is 5.79 Å². The van der Waals surface area contributed by atoms with Gasteiger partial charge in [0, 0.05) is 0 Å². The lowest BCUT2D eigenvalue weighted by atomic mass is 10.3. The highest BCUT2D eigenvalue weighted by Gasteiger charge is 2.55. The summed E-state index contributed by atoms with van der Waals surface area (Å²) in [6, 6.07) is 0. The van der Waals surface area contributed by atoms with Gasteiger partial charge in [-0.05, 0) is 24.3 Å². The van der Waals surface area contributed by atoms with Gasteiger partial charge in [-0.3, -0.25) is 0 Å². The molecule has 2 nitrogen and oxygen atoms in total. The molecule has 14 heavy (non-hydrogen) atoms. The molecule has 0 radical (unpaired) electrons. The van der Waals surface area contributed by atoms with Crippen molar-refractivity contribution < 1.29 is 23.4 Å². The quantitative estimate of drug-likeness (QED) is 0.738. The van der Waals surface area contributed by atoms with Crippen LogP contribution in [0.3, 0.4) is 0 Å². The third-order valence-electron chi connectivity index (χ3n) is 2.18. The van der Waals surface area contributed by atoms with Crippen LogP contribution >= 0.6 is 19.9 Å². The summed E-state index contributed by atoms with van der Waals surface area (Å²) in [7, 11) is 3.93. The van der Waals surface area contributed by atoms with E-state index in [-0.39, 0.29) is 0 Å². The molecular weight excluding hydrogens is 241 g/mol. The molecule has 0 aliphatic carbocycles. The van der Waals surface area contributed by atoms with Crippen molar-refractivity contribution in [2.24, 2.45) is 0 Å². The Morgan fingerprint density at radius 2 is 1.57 bits per heavy atom. The maximum absolute atomic E-state index is 12.1. The Morgan fingerprint density at radius 3 is 1.93 bits per heavy atom. The zero-order valence-corrected chi connectivity index (χ0v) is 8.92. The van der Waals surface area contributed by atoms with Crippen molar-refractivity contribution in [1.29, 1.82) is 0 Å². The maximum Gasteiger partial charge on any atom is 0.443 e. The fourth-order valence-electron chi connectivity index (χ4n) is 1.41. The van der Waals surface area contributed by atoms with Crippen LogP contribution < -0.4 is 0 Å². The third kappa shape index (κ3) is 2.68. The first-order valence-corrected chi connectivity index (χ1v) is 7.10. The van der Waals surface area contributed by atoms with Crippen molar-refractivity contribution in [2.75, 3.05) is 17.3 Å². The van der Waals surface area contributed by atoms with Gasteiger partial charge in [-0.2, -0.15) is 22.4 Å². The second kappa shape index (κ2) is 3.73. The standard InChI is InChI=1S/C7H12ClF3O2S/c8-14(3-1-2-4-14)5-6(12,13)7(9,10)11/h12-13H,1-5H2. The molecule has 86 valence electrons. The molecule has 1 heterocycles. The van der Waals surface area contributed by atoms with Crippen LogP contribution in [-0.2, 0) is 0 Å². The smallest absolute Gasteiger partial charge is 0.358 e. The average molecular weight is 253 g/mol. The third-order valence-corrected chi connectivity index (χ3v) is 6.40. The lowest BCUT2D eigenvalue weighted by molar-refractivity contribution is -0.336. The Bertz CT molecular complexity index is 213. The fourth-order valence-corrected chi connectivity index (χ4v) is 5.34. The van der Waals surface area contributed by atoms with Crippen LogP contribution in [0.4, 0.5) is 13.2 Å². The number of hydrogen-bond acceptors (Lipinski definition) is 2. The Morgan fingerprint density at radius 1 is 1.14 bits per heavy atom. The van der Waals surface area contributed by atoms with Gasteiger partial charge in [0.15, 0.2) is 0 Å². The van der Waals surface area contributed by atoms with E-state index in [0.717, 1.165) is 12.8 Å². The predicted molar refractivity (Wildman–Crippen MR) is 50.5 cm³/mol. The molecule has 7 heteroatoms. The van der Waals surface area contributed by atoms with Crippen LogP contribution in [-0.4, -0.2) is 39.4 Å². The molecule has 1 saturated heterocycles. The van der Waals surface area contributed by atoms with E-state index in [1.54, 1.807) is 0 Å². The molecule has 0 aromatic carbocycles. The van der Waals surface area contributed by atoms with E-state index in [0.29, 0.717) is 11.5 Å². The maximum atomic E-state index is 12.1. The van der Waals surface area contributed by atoms with Crippen LogP contribution in [0, 0.1) is 0 Å². The first kappa shape index (κ1) is 12.4. The van der Waals surface area contributed by atoms with Crippen molar-refractivity contribution in [3.8, 4) is 0 Å². The van der Waals surface area contributed by atoms with E-state index in [1.165, 1.54) is 0 Å². The lowest BCUT2D eigenvalue weighted by Crippen LogP contribution is -2.49. The molecular formula is C7H12ClF3O2S. The van der Waals surface area contributed by atoms with Crippen LogP contribution in [0.15, 0.2) is 0 Å². The highest BCUT2D eigenvalue weighted by Crippen LogP contribution is 2.60. The summed E-state index contributed by atoms with van der Waals surface area (Å²) in [5.74, 6) is -3.44. The molecule has 0 saturated carbocycles. The largest absolute Gasteiger partial charge is 0.443 e. The zero-order chi connectivity index (χ0) is 11.0. The van der Waals surface area contributed by atoms with Gasteiger partial charge in [-0.25, -0.2) is 0 Å². The molecule has 2 N–H and O–H groups in total. The van der Waals surface area contributed by atoms with Gasteiger partial charge in [0.2, 0.25) is 0 Å². The summed E-state index contributed by atoms with van der Waals surface area (Å²) in [5.41, 5.74) is 0. The van der Waals surface area contributed by atoms with Crippen molar-refractivity contribution in [2.45, 2.75) is 24.8 Å². The fraction of sp³-hybridized carbons (Fsp3) is 1.00. The average Bonchev–Trinajstić information content (AvgIpc) is 2.31. The Labute approximate surface area is 85.9 Å². The highest BCUT2D eigenvalue weighted by molar-refractivity contribution is 8.51. The molecule has 0 atom stereocenters. The molecule has 0 unspecified atom stereocenters. The first-order chi connectivity index (χ1) is 6.16. The van der Waals surface area contributed by atoms with E-state index in [2.05, 4.69) is 0 Å². The van der Waals surface area contributed by atoms with E-state index in [9.17, 15) is 13.2 Å². The second-order valence-electron chi connectivity index (χ2n) is 3.51. The topological polar surface area (TPSA) is 40.5 Å². The minimum atomic E-state index is -5.02. The number of halogens is 4. The summed E-state index contributed by atoms with van der Waals surface area (Å²) < 4.78 is 36.3. The van der Waals surface area contributed by atoms with Crippen LogP contribution in [0.2, 0.25) is 0 Å². The van der Waals surface area contributed by atoms with Crippen molar-refractivity contribution in [3.05, 3.63) is 0 Å². The van der Waals surface area contributed by atoms with Crippen molar-refractivity contribution in [1.82, 2.24) is 0 Å². The number of rotatable bonds is 2. The van der Waals surface area contributed by atoms with Gasteiger partial charge in [0.1, 0.15) is 0 Å². The molecule has 0 amide bonds. The van der Waals surface area contributed by atoms with Crippen molar-refractivity contribution >= 4 is 19.9 Å². The van der Waals surface area contributed by atoms with Crippen LogP contribution in [0.1, 0.15) is 12.8 Å². The monoisotopic (exact) mass is 252 g/mol. The minimum Gasteiger partial charge on any atom is -0.358 e. The summed E-state index contributed by atoms with van der Waals surface area (Å²) in [6.07, 6.45) is -3.48. The number of alkyl halides is 3. The first-order valence-electron chi connectivity index (χ1n) is 4.14. The molecule has 1 aliphatic heterocycles.